The van der Waals surface area contributed by atoms with E-state index in [1.807, 2.05) is 24.3 Å². The molecule has 0 aliphatic heterocycles. The number of carbonyl (C=O) groups excluding carboxylic acids is 1. The maximum atomic E-state index is 11.4. The van der Waals surface area contributed by atoms with Crippen molar-refractivity contribution in [2.75, 3.05) is 0 Å². The Kier molecular flexibility index (Phi) is 1.89. The molecule has 0 amide bonds. The van der Waals surface area contributed by atoms with Gasteiger partial charge in [0.05, 0.1) is 11.8 Å². The highest BCUT2D eigenvalue weighted by Gasteiger charge is 2.20. The Balaban J connectivity index is 2.58. The lowest BCUT2D eigenvalue weighted by Crippen LogP contribution is -2.12. The van der Waals surface area contributed by atoms with E-state index < -0.39 is 0 Å². The number of aliphatic hydroxyl groups excluding tert-OH is 1. The Bertz CT molecular complexity index is 377. The standard InChI is InChI=1S/C11H10O2/c12-7-10-9-4-2-1-3-8(9)5-6-11(10)13/h1-4,7,12H,5-6H2/b10-7+. The SMILES string of the molecule is O=C1CCc2ccccc2/C1=C\O. The van der Waals surface area contributed by atoms with Crippen molar-refractivity contribution < 1.29 is 9.90 Å². The smallest absolute Gasteiger partial charge is 0.166 e. The molecule has 0 bridgehead atoms. The largest absolute Gasteiger partial charge is 0.515 e. The minimum absolute atomic E-state index is 0.0289. The molecule has 13 heavy (non-hydrogen) atoms. The normalized spacial score (nSPS) is 18.8. The van der Waals surface area contributed by atoms with Crippen LogP contribution >= 0.6 is 0 Å². The predicted molar refractivity (Wildman–Crippen MR) is 50.4 cm³/mol. The number of hydrogen-bond donors (Lipinski definition) is 1. The van der Waals surface area contributed by atoms with E-state index in [1.165, 1.54) is 0 Å². The van der Waals surface area contributed by atoms with Gasteiger partial charge in [-0.2, -0.15) is 0 Å². The van der Waals surface area contributed by atoms with Gasteiger partial charge in [0.1, 0.15) is 0 Å². The van der Waals surface area contributed by atoms with Crippen LogP contribution in [0.1, 0.15) is 17.5 Å². The fraction of sp³-hybridized carbons (Fsp3) is 0.182. The first kappa shape index (κ1) is 8.05. The van der Waals surface area contributed by atoms with Crippen LogP contribution in [0.2, 0.25) is 0 Å². The van der Waals surface area contributed by atoms with Crippen molar-refractivity contribution in [2.45, 2.75) is 12.8 Å². The van der Waals surface area contributed by atoms with E-state index in [4.69, 9.17) is 5.11 Å². The van der Waals surface area contributed by atoms with Crippen molar-refractivity contribution >= 4 is 11.4 Å². The quantitative estimate of drug-likeness (QED) is 0.483. The summed E-state index contributed by atoms with van der Waals surface area (Å²) in [5.41, 5.74) is 2.46. The van der Waals surface area contributed by atoms with Gasteiger partial charge in [-0.15, -0.1) is 0 Å². The monoisotopic (exact) mass is 174 g/mol. The fourth-order valence-electron chi connectivity index (χ4n) is 1.68. The molecular formula is C11H10O2. The maximum absolute atomic E-state index is 11.4. The van der Waals surface area contributed by atoms with E-state index in [2.05, 4.69) is 0 Å². The zero-order chi connectivity index (χ0) is 9.26. The first-order valence-electron chi connectivity index (χ1n) is 4.29. The lowest BCUT2D eigenvalue weighted by Gasteiger charge is -2.16. The average molecular weight is 174 g/mol. The van der Waals surface area contributed by atoms with Crippen LogP contribution in [0.5, 0.6) is 0 Å². The van der Waals surface area contributed by atoms with Crippen molar-refractivity contribution in [3.63, 3.8) is 0 Å². The molecule has 2 heteroatoms. The third-order valence-corrected chi connectivity index (χ3v) is 2.36. The second kappa shape index (κ2) is 3.05. The molecule has 1 aromatic carbocycles. The summed E-state index contributed by atoms with van der Waals surface area (Å²) < 4.78 is 0. The number of aliphatic hydroxyl groups is 1. The number of carbonyl (C=O) groups is 1. The first-order chi connectivity index (χ1) is 6.33. The van der Waals surface area contributed by atoms with Crippen LogP contribution in [0.25, 0.3) is 5.57 Å². The highest BCUT2D eigenvalue weighted by atomic mass is 16.2. The third kappa shape index (κ3) is 1.24. The Morgan fingerprint density at radius 1 is 1.23 bits per heavy atom. The molecule has 0 unspecified atom stereocenters. The van der Waals surface area contributed by atoms with Gasteiger partial charge in [-0.3, -0.25) is 4.79 Å². The van der Waals surface area contributed by atoms with Gasteiger partial charge in [-0.25, -0.2) is 0 Å². The minimum Gasteiger partial charge on any atom is -0.515 e. The number of ketones is 1. The molecule has 0 heterocycles. The summed E-state index contributed by atoms with van der Waals surface area (Å²) in [5.74, 6) is 0.0289. The fourth-order valence-corrected chi connectivity index (χ4v) is 1.68. The zero-order valence-corrected chi connectivity index (χ0v) is 7.16. The molecule has 0 fully saturated rings. The first-order valence-corrected chi connectivity index (χ1v) is 4.29. The van der Waals surface area contributed by atoms with Crippen LogP contribution in [0.3, 0.4) is 0 Å². The van der Waals surface area contributed by atoms with E-state index in [0.29, 0.717) is 12.0 Å². The molecule has 0 aromatic heterocycles. The highest BCUT2D eigenvalue weighted by molar-refractivity contribution is 6.21. The lowest BCUT2D eigenvalue weighted by molar-refractivity contribution is -0.114. The molecule has 1 aliphatic carbocycles. The van der Waals surface area contributed by atoms with Crippen molar-refractivity contribution in [2.24, 2.45) is 0 Å². The second-order valence-corrected chi connectivity index (χ2v) is 3.12. The predicted octanol–water partition coefficient (Wildman–Crippen LogP) is 2.10. The number of rotatable bonds is 0. The molecule has 1 aromatic rings. The minimum atomic E-state index is 0.0289. The van der Waals surface area contributed by atoms with Gasteiger partial charge in [-0.05, 0) is 17.5 Å². The summed E-state index contributed by atoms with van der Waals surface area (Å²) in [4.78, 5) is 11.4. The Labute approximate surface area is 76.5 Å². The van der Waals surface area contributed by atoms with Crippen molar-refractivity contribution in [1.29, 1.82) is 0 Å². The van der Waals surface area contributed by atoms with E-state index >= 15 is 0 Å². The summed E-state index contributed by atoms with van der Waals surface area (Å²) >= 11 is 0. The molecule has 66 valence electrons. The number of Topliss-reactive ketones (excluding diaryl/α,β-unsaturated/α-hetero) is 1. The summed E-state index contributed by atoms with van der Waals surface area (Å²) in [7, 11) is 0. The van der Waals surface area contributed by atoms with Crippen LogP contribution in [-0.2, 0) is 11.2 Å². The lowest BCUT2D eigenvalue weighted by atomic mass is 9.87. The number of hydrogen-bond acceptors (Lipinski definition) is 2. The average Bonchev–Trinajstić information content (AvgIpc) is 2.18. The van der Waals surface area contributed by atoms with Gasteiger partial charge in [0.25, 0.3) is 0 Å². The van der Waals surface area contributed by atoms with Gasteiger partial charge in [0.2, 0.25) is 0 Å². The third-order valence-electron chi connectivity index (χ3n) is 2.36. The number of aryl methyl sites for hydroxylation is 1. The molecule has 0 atom stereocenters. The number of fused-ring (bicyclic) bond motifs is 1. The van der Waals surface area contributed by atoms with E-state index in [1.54, 1.807) is 0 Å². The van der Waals surface area contributed by atoms with Gasteiger partial charge in [0.15, 0.2) is 5.78 Å². The van der Waals surface area contributed by atoms with E-state index in [9.17, 15) is 4.79 Å². The van der Waals surface area contributed by atoms with Gasteiger partial charge in [0, 0.05) is 6.42 Å². The molecule has 1 N–H and O–H groups in total. The van der Waals surface area contributed by atoms with Crippen LogP contribution in [-0.4, -0.2) is 10.9 Å². The Morgan fingerprint density at radius 2 is 2.00 bits per heavy atom. The van der Waals surface area contributed by atoms with Gasteiger partial charge >= 0.3 is 0 Å². The molecule has 0 radical (unpaired) electrons. The topological polar surface area (TPSA) is 37.3 Å². The van der Waals surface area contributed by atoms with Crippen molar-refractivity contribution in [1.82, 2.24) is 0 Å². The Morgan fingerprint density at radius 3 is 2.77 bits per heavy atom. The summed E-state index contributed by atoms with van der Waals surface area (Å²) in [6.45, 7) is 0. The zero-order valence-electron chi connectivity index (χ0n) is 7.16. The summed E-state index contributed by atoms with van der Waals surface area (Å²) in [6, 6.07) is 7.68. The molecule has 2 nitrogen and oxygen atoms in total. The Hall–Kier alpha value is -1.57. The van der Waals surface area contributed by atoms with Crippen LogP contribution in [0.15, 0.2) is 30.5 Å². The van der Waals surface area contributed by atoms with E-state index in [0.717, 1.165) is 23.8 Å². The van der Waals surface area contributed by atoms with Crippen LogP contribution in [0, 0.1) is 0 Å². The second-order valence-electron chi connectivity index (χ2n) is 3.12. The van der Waals surface area contributed by atoms with E-state index in [-0.39, 0.29) is 5.78 Å². The van der Waals surface area contributed by atoms with Gasteiger partial charge in [-0.1, -0.05) is 24.3 Å². The summed E-state index contributed by atoms with van der Waals surface area (Å²) in [6.07, 6.45) is 2.20. The van der Waals surface area contributed by atoms with Crippen molar-refractivity contribution in [3.05, 3.63) is 41.7 Å². The summed E-state index contributed by atoms with van der Waals surface area (Å²) in [5, 5.41) is 8.93. The van der Waals surface area contributed by atoms with Gasteiger partial charge < -0.3 is 5.11 Å². The molecule has 2 rings (SSSR count). The number of benzene rings is 1. The van der Waals surface area contributed by atoms with Crippen LogP contribution in [0.4, 0.5) is 0 Å². The van der Waals surface area contributed by atoms with Crippen molar-refractivity contribution in [3.8, 4) is 0 Å². The molecule has 0 spiro atoms. The number of allylic oxidation sites excluding steroid dienone is 1. The molecule has 0 saturated carbocycles. The highest BCUT2D eigenvalue weighted by Crippen LogP contribution is 2.27. The van der Waals surface area contributed by atoms with Crippen LogP contribution < -0.4 is 0 Å². The maximum Gasteiger partial charge on any atom is 0.166 e. The molecular weight excluding hydrogens is 164 g/mol. The molecule has 0 saturated heterocycles. The molecule has 1 aliphatic rings.